The van der Waals surface area contributed by atoms with E-state index in [4.69, 9.17) is 5.11 Å². The number of hydrogen-bond donors (Lipinski definition) is 1. The first-order valence-corrected chi connectivity index (χ1v) is 6.68. The fourth-order valence-corrected chi connectivity index (χ4v) is 2.43. The number of likely N-dealkylation sites (tertiary alicyclic amines) is 1. The van der Waals surface area contributed by atoms with Crippen LogP contribution in [0, 0.1) is 5.92 Å². The molecule has 0 aromatic heterocycles. The highest BCUT2D eigenvalue weighted by Gasteiger charge is 2.30. The van der Waals surface area contributed by atoms with Gasteiger partial charge in [0.15, 0.2) is 0 Å². The molecule has 1 aromatic carbocycles. The molecule has 1 amide bonds. The van der Waals surface area contributed by atoms with E-state index in [0.29, 0.717) is 25.9 Å². The number of carbonyl (C=O) groups excluding carboxylic acids is 1. The maximum Gasteiger partial charge on any atom is 0.308 e. The first kappa shape index (κ1) is 13.6. The minimum atomic E-state index is -0.803. The molecule has 1 unspecified atom stereocenters. The van der Waals surface area contributed by atoms with Crippen molar-refractivity contribution in [3.63, 3.8) is 0 Å². The number of aliphatic carboxylic acids is 1. The van der Waals surface area contributed by atoms with Gasteiger partial charge in [-0.15, -0.1) is 0 Å². The van der Waals surface area contributed by atoms with Gasteiger partial charge < -0.3 is 10.0 Å². The maximum absolute atomic E-state index is 12.1. The van der Waals surface area contributed by atoms with Gasteiger partial charge in [0, 0.05) is 13.1 Å². The molecular weight excluding hydrogens is 242 g/mol. The monoisotopic (exact) mass is 261 g/mol. The number of amides is 1. The van der Waals surface area contributed by atoms with Gasteiger partial charge in [0.05, 0.1) is 12.3 Å². The Hall–Kier alpha value is -1.84. The Balaban J connectivity index is 1.96. The smallest absolute Gasteiger partial charge is 0.308 e. The molecule has 0 saturated carbocycles. The molecule has 0 bridgehead atoms. The molecule has 1 fully saturated rings. The number of aryl methyl sites for hydroxylation is 1. The van der Waals surface area contributed by atoms with Gasteiger partial charge in [-0.3, -0.25) is 9.59 Å². The largest absolute Gasteiger partial charge is 0.481 e. The third-order valence-electron chi connectivity index (χ3n) is 3.65. The van der Waals surface area contributed by atoms with Crippen LogP contribution in [-0.2, 0) is 22.4 Å². The maximum atomic E-state index is 12.1. The molecule has 0 spiro atoms. The lowest BCUT2D eigenvalue weighted by molar-refractivity contribution is -0.141. The Morgan fingerprint density at radius 3 is 2.74 bits per heavy atom. The van der Waals surface area contributed by atoms with Crippen molar-refractivity contribution in [1.82, 2.24) is 4.90 Å². The molecule has 0 radical (unpaired) electrons. The summed E-state index contributed by atoms with van der Waals surface area (Å²) in [6.07, 6.45) is 1.88. The summed E-state index contributed by atoms with van der Waals surface area (Å²) >= 11 is 0. The van der Waals surface area contributed by atoms with Crippen LogP contribution in [-0.4, -0.2) is 35.0 Å². The summed E-state index contributed by atoms with van der Waals surface area (Å²) in [7, 11) is 0. The van der Waals surface area contributed by atoms with E-state index in [1.54, 1.807) is 4.90 Å². The minimum absolute atomic E-state index is 0.0250. The van der Waals surface area contributed by atoms with Crippen LogP contribution >= 0.6 is 0 Å². The molecule has 4 heteroatoms. The summed E-state index contributed by atoms with van der Waals surface area (Å²) in [6, 6.07) is 8.00. The number of carboxylic acid groups (broad SMARTS) is 1. The number of carbonyl (C=O) groups is 2. The first-order chi connectivity index (χ1) is 9.10. The molecule has 1 heterocycles. The number of nitrogens with zero attached hydrogens (tertiary/aromatic N) is 1. The van der Waals surface area contributed by atoms with Gasteiger partial charge in [-0.05, 0) is 24.0 Å². The average Bonchev–Trinajstić information content (AvgIpc) is 2.89. The van der Waals surface area contributed by atoms with E-state index in [-0.39, 0.29) is 5.91 Å². The minimum Gasteiger partial charge on any atom is -0.481 e. The molecule has 19 heavy (non-hydrogen) atoms. The second-order valence-electron chi connectivity index (χ2n) is 5.01. The van der Waals surface area contributed by atoms with Crippen LogP contribution in [0.2, 0.25) is 0 Å². The van der Waals surface area contributed by atoms with Crippen LogP contribution in [0.4, 0.5) is 0 Å². The van der Waals surface area contributed by atoms with Crippen molar-refractivity contribution < 1.29 is 14.7 Å². The Morgan fingerprint density at radius 1 is 1.37 bits per heavy atom. The highest BCUT2D eigenvalue weighted by molar-refractivity contribution is 5.80. The molecule has 0 aliphatic carbocycles. The van der Waals surface area contributed by atoms with E-state index >= 15 is 0 Å². The van der Waals surface area contributed by atoms with Crippen LogP contribution in [0.3, 0.4) is 0 Å². The molecule has 1 aliphatic heterocycles. The number of rotatable bonds is 4. The van der Waals surface area contributed by atoms with Crippen molar-refractivity contribution in [3.05, 3.63) is 35.4 Å². The zero-order chi connectivity index (χ0) is 13.8. The van der Waals surface area contributed by atoms with Crippen LogP contribution in [0.25, 0.3) is 0 Å². The van der Waals surface area contributed by atoms with Crippen LogP contribution in [0.15, 0.2) is 24.3 Å². The molecule has 1 N–H and O–H groups in total. The van der Waals surface area contributed by atoms with E-state index in [9.17, 15) is 9.59 Å². The van der Waals surface area contributed by atoms with Crippen LogP contribution in [0.1, 0.15) is 24.5 Å². The lowest BCUT2D eigenvalue weighted by Gasteiger charge is -2.16. The predicted molar refractivity (Wildman–Crippen MR) is 71.8 cm³/mol. The number of carboxylic acids is 1. The Morgan fingerprint density at radius 2 is 2.11 bits per heavy atom. The summed E-state index contributed by atoms with van der Waals surface area (Å²) < 4.78 is 0. The molecule has 1 saturated heterocycles. The highest BCUT2D eigenvalue weighted by atomic mass is 16.4. The number of benzene rings is 1. The summed E-state index contributed by atoms with van der Waals surface area (Å²) in [6.45, 7) is 2.99. The summed E-state index contributed by atoms with van der Waals surface area (Å²) in [5.41, 5.74) is 2.22. The summed E-state index contributed by atoms with van der Waals surface area (Å²) in [5.74, 6) is -1.17. The molecule has 1 aromatic rings. The molecule has 4 nitrogen and oxygen atoms in total. The first-order valence-electron chi connectivity index (χ1n) is 6.68. The highest BCUT2D eigenvalue weighted by Crippen LogP contribution is 2.18. The van der Waals surface area contributed by atoms with E-state index in [1.165, 1.54) is 5.56 Å². The zero-order valence-corrected chi connectivity index (χ0v) is 11.1. The van der Waals surface area contributed by atoms with Crippen LogP contribution in [0.5, 0.6) is 0 Å². The van der Waals surface area contributed by atoms with Gasteiger partial charge in [-0.1, -0.05) is 31.2 Å². The normalized spacial score (nSPS) is 18.6. The Kier molecular flexibility index (Phi) is 4.20. The van der Waals surface area contributed by atoms with Gasteiger partial charge in [-0.25, -0.2) is 0 Å². The number of hydrogen-bond acceptors (Lipinski definition) is 2. The van der Waals surface area contributed by atoms with Crippen molar-refractivity contribution in [1.29, 1.82) is 0 Å². The SMILES string of the molecule is CCc1cccc(CC(=O)N2CCC(C(=O)O)C2)c1. The fourth-order valence-electron chi connectivity index (χ4n) is 2.43. The third kappa shape index (κ3) is 3.34. The summed E-state index contributed by atoms with van der Waals surface area (Å²) in [5, 5.41) is 8.93. The lowest BCUT2D eigenvalue weighted by atomic mass is 10.1. The van der Waals surface area contributed by atoms with Gasteiger partial charge in [0.25, 0.3) is 0 Å². The van der Waals surface area contributed by atoms with Gasteiger partial charge >= 0.3 is 5.97 Å². The second-order valence-corrected chi connectivity index (χ2v) is 5.01. The van der Waals surface area contributed by atoms with E-state index in [1.807, 2.05) is 24.3 Å². The quantitative estimate of drug-likeness (QED) is 0.898. The average molecular weight is 261 g/mol. The van der Waals surface area contributed by atoms with Gasteiger partial charge in [-0.2, -0.15) is 0 Å². The topological polar surface area (TPSA) is 57.6 Å². The van der Waals surface area contributed by atoms with Crippen molar-refractivity contribution >= 4 is 11.9 Å². The molecular formula is C15H19NO3. The molecule has 1 atom stereocenters. The molecule has 2 rings (SSSR count). The van der Waals surface area contributed by atoms with Crippen molar-refractivity contribution in [3.8, 4) is 0 Å². The van der Waals surface area contributed by atoms with E-state index < -0.39 is 11.9 Å². The van der Waals surface area contributed by atoms with Crippen molar-refractivity contribution in [2.24, 2.45) is 5.92 Å². The third-order valence-corrected chi connectivity index (χ3v) is 3.65. The lowest BCUT2D eigenvalue weighted by Crippen LogP contribution is -2.31. The van der Waals surface area contributed by atoms with E-state index in [0.717, 1.165) is 12.0 Å². The zero-order valence-electron chi connectivity index (χ0n) is 11.1. The van der Waals surface area contributed by atoms with Crippen LogP contribution < -0.4 is 0 Å². The van der Waals surface area contributed by atoms with Gasteiger partial charge in [0.1, 0.15) is 0 Å². The van der Waals surface area contributed by atoms with Crippen molar-refractivity contribution in [2.75, 3.05) is 13.1 Å². The predicted octanol–water partition coefficient (Wildman–Crippen LogP) is 1.72. The van der Waals surface area contributed by atoms with E-state index in [2.05, 4.69) is 6.92 Å². The second kappa shape index (κ2) is 5.87. The fraction of sp³-hybridized carbons (Fsp3) is 0.467. The standard InChI is InChI=1S/C15H19NO3/c1-2-11-4-3-5-12(8-11)9-14(17)16-7-6-13(10-16)15(18)19/h3-5,8,13H,2,6-7,9-10H2,1H3,(H,18,19). The molecule has 102 valence electrons. The van der Waals surface area contributed by atoms with Gasteiger partial charge in [0.2, 0.25) is 5.91 Å². The Bertz CT molecular complexity index is 484. The molecule has 1 aliphatic rings. The summed E-state index contributed by atoms with van der Waals surface area (Å²) in [4.78, 5) is 24.7. The van der Waals surface area contributed by atoms with Crippen molar-refractivity contribution in [2.45, 2.75) is 26.2 Å². The Labute approximate surface area is 113 Å².